The van der Waals surface area contributed by atoms with Crippen LogP contribution in [0.1, 0.15) is 32.1 Å². The topological polar surface area (TPSA) is 104 Å². The highest BCUT2D eigenvalue weighted by Crippen LogP contribution is 2.33. The van der Waals surface area contributed by atoms with Crippen molar-refractivity contribution < 1.29 is 14.3 Å². The summed E-state index contributed by atoms with van der Waals surface area (Å²) in [4.78, 5) is 17.7. The Balaban J connectivity index is 1.17. The van der Waals surface area contributed by atoms with Crippen LogP contribution in [-0.2, 0) is 0 Å². The Bertz CT molecular complexity index is 1510. The van der Waals surface area contributed by atoms with Crippen molar-refractivity contribution in [2.24, 2.45) is 0 Å². The van der Waals surface area contributed by atoms with Gasteiger partial charge < -0.3 is 9.47 Å². The Morgan fingerprint density at radius 2 is 1.89 bits per heavy atom. The molecule has 0 atom stereocenters. The van der Waals surface area contributed by atoms with Crippen LogP contribution in [0.5, 0.6) is 11.6 Å². The predicted octanol–water partition coefficient (Wildman–Crippen LogP) is 6.21. The van der Waals surface area contributed by atoms with Crippen molar-refractivity contribution in [3.8, 4) is 11.6 Å². The van der Waals surface area contributed by atoms with Crippen molar-refractivity contribution in [1.29, 1.82) is 0 Å². The van der Waals surface area contributed by atoms with Crippen molar-refractivity contribution >= 4 is 50.2 Å². The molecule has 3 aromatic heterocycles. The zero-order valence-corrected chi connectivity index (χ0v) is 20.8. The first-order chi connectivity index (χ1) is 17.7. The van der Waals surface area contributed by atoms with Crippen LogP contribution in [0.15, 0.2) is 70.7 Å². The molecule has 1 aliphatic rings. The van der Waals surface area contributed by atoms with Crippen molar-refractivity contribution in [3.63, 3.8) is 0 Å². The third-order valence-electron chi connectivity index (χ3n) is 5.78. The molecule has 0 bridgehead atoms. The SMILES string of the molecule is O=C(Nc1nc2ccc(Sc3nnc4ccc(OC5CCCCC5)nn34)cc2s1)Oc1ccccc1. The van der Waals surface area contributed by atoms with Crippen LogP contribution in [0.3, 0.4) is 0 Å². The summed E-state index contributed by atoms with van der Waals surface area (Å²) in [7, 11) is 0. The van der Waals surface area contributed by atoms with Gasteiger partial charge in [0.2, 0.25) is 11.0 Å². The second-order valence-corrected chi connectivity index (χ2v) is 10.5. The van der Waals surface area contributed by atoms with E-state index in [0.29, 0.717) is 27.6 Å². The van der Waals surface area contributed by atoms with E-state index >= 15 is 0 Å². The molecule has 0 aliphatic heterocycles. The van der Waals surface area contributed by atoms with Gasteiger partial charge in [-0.15, -0.1) is 15.3 Å². The standard InChI is InChI=1S/C25H22N6O3S2/c32-25(34-17-9-5-2-6-10-17)27-23-26-19-12-11-18(15-20(19)36-23)35-24-29-28-21-13-14-22(30-31(21)24)33-16-7-3-1-4-8-16/h2,5-6,9-16H,1,3-4,7-8H2,(H,26,27,32). The number of anilines is 1. The summed E-state index contributed by atoms with van der Waals surface area (Å²) in [6.07, 6.45) is 5.45. The summed E-state index contributed by atoms with van der Waals surface area (Å²) in [6.45, 7) is 0. The largest absolute Gasteiger partial charge is 0.473 e. The van der Waals surface area contributed by atoms with Gasteiger partial charge in [-0.3, -0.25) is 5.32 Å². The molecule has 1 aliphatic carbocycles. The number of carbonyl (C=O) groups excluding carboxylic acids is 1. The third-order valence-corrected chi connectivity index (χ3v) is 7.64. The lowest BCUT2D eigenvalue weighted by Crippen LogP contribution is -2.20. The van der Waals surface area contributed by atoms with Gasteiger partial charge in [-0.1, -0.05) is 36.0 Å². The smallest absolute Gasteiger partial charge is 0.418 e. The fraction of sp³-hybridized carbons (Fsp3) is 0.240. The molecule has 36 heavy (non-hydrogen) atoms. The maximum Gasteiger partial charge on any atom is 0.418 e. The van der Waals surface area contributed by atoms with E-state index < -0.39 is 6.09 Å². The number of ether oxygens (including phenoxy) is 2. The molecule has 9 nitrogen and oxygen atoms in total. The molecule has 0 unspecified atom stereocenters. The average Bonchev–Trinajstić information content (AvgIpc) is 3.48. The second-order valence-electron chi connectivity index (χ2n) is 8.38. The van der Waals surface area contributed by atoms with Crippen molar-refractivity contribution in [2.45, 2.75) is 48.3 Å². The molecule has 3 heterocycles. The summed E-state index contributed by atoms with van der Waals surface area (Å²) in [5.41, 5.74) is 1.45. The zero-order chi connectivity index (χ0) is 24.3. The van der Waals surface area contributed by atoms with Crippen molar-refractivity contribution in [2.75, 3.05) is 5.32 Å². The van der Waals surface area contributed by atoms with Gasteiger partial charge in [0.25, 0.3) is 0 Å². The number of benzene rings is 2. The van der Waals surface area contributed by atoms with Gasteiger partial charge in [0.1, 0.15) is 11.9 Å². The molecular formula is C25H22N6O3S2. The van der Waals surface area contributed by atoms with Crippen LogP contribution in [0, 0.1) is 0 Å². The maximum absolute atomic E-state index is 12.2. The van der Waals surface area contributed by atoms with Crippen LogP contribution in [0.25, 0.3) is 15.9 Å². The number of hydrogen-bond acceptors (Lipinski definition) is 9. The highest BCUT2D eigenvalue weighted by molar-refractivity contribution is 7.99. The number of para-hydroxylation sites is 1. The minimum absolute atomic E-state index is 0.220. The van der Waals surface area contributed by atoms with Gasteiger partial charge >= 0.3 is 6.09 Å². The van der Waals surface area contributed by atoms with E-state index in [1.165, 1.54) is 42.4 Å². The third kappa shape index (κ3) is 5.12. The van der Waals surface area contributed by atoms with Crippen molar-refractivity contribution in [3.05, 3.63) is 60.7 Å². The Morgan fingerprint density at radius 3 is 2.75 bits per heavy atom. The van der Waals surface area contributed by atoms with Crippen LogP contribution >= 0.6 is 23.1 Å². The van der Waals surface area contributed by atoms with E-state index in [2.05, 4.69) is 25.6 Å². The molecule has 182 valence electrons. The fourth-order valence-electron chi connectivity index (χ4n) is 4.07. The Labute approximate surface area is 214 Å². The van der Waals surface area contributed by atoms with E-state index in [4.69, 9.17) is 9.47 Å². The summed E-state index contributed by atoms with van der Waals surface area (Å²) in [5.74, 6) is 1.06. The molecule has 1 N–H and O–H groups in total. The number of aromatic nitrogens is 5. The number of nitrogens with one attached hydrogen (secondary N) is 1. The van der Waals surface area contributed by atoms with Crippen LogP contribution in [0.2, 0.25) is 0 Å². The Morgan fingerprint density at radius 1 is 1.03 bits per heavy atom. The van der Waals surface area contributed by atoms with E-state index in [0.717, 1.165) is 28.0 Å². The number of hydrogen-bond donors (Lipinski definition) is 1. The molecular weight excluding hydrogens is 496 g/mol. The molecule has 5 aromatic rings. The highest BCUT2D eigenvalue weighted by atomic mass is 32.2. The van der Waals surface area contributed by atoms with E-state index in [1.54, 1.807) is 28.8 Å². The van der Waals surface area contributed by atoms with Gasteiger partial charge in [-0.2, -0.15) is 4.52 Å². The number of carbonyl (C=O) groups is 1. The minimum Gasteiger partial charge on any atom is -0.473 e. The minimum atomic E-state index is -0.581. The predicted molar refractivity (Wildman–Crippen MR) is 138 cm³/mol. The summed E-state index contributed by atoms with van der Waals surface area (Å²) >= 11 is 2.83. The zero-order valence-electron chi connectivity index (χ0n) is 19.2. The molecule has 1 fully saturated rings. The van der Waals surface area contributed by atoms with Crippen LogP contribution in [0.4, 0.5) is 9.93 Å². The first kappa shape index (κ1) is 22.7. The number of thiazole rings is 1. The quantitative estimate of drug-likeness (QED) is 0.283. The first-order valence-electron chi connectivity index (χ1n) is 11.7. The highest BCUT2D eigenvalue weighted by Gasteiger charge is 2.17. The van der Waals surface area contributed by atoms with Gasteiger partial charge in [-0.25, -0.2) is 9.78 Å². The fourth-order valence-corrected chi connectivity index (χ4v) is 5.86. The average molecular weight is 519 g/mol. The first-order valence-corrected chi connectivity index (χ1v) is 13.3. The molecule has 2 aromatic carbocycles. The molecule has 0 radical (unpaired) electrons. The van der Waals surface area contributed by atoms with Crippen molar-refractivity contribution in [1.82, 2.24) is 24.8 Å². The second kappa shape index (κ2) is 10.1. The van der Waals surface area contributed by atoms with E-state index in [9.17, 15) is 4.79 Å². The maximum atomic E-state index is 12.2. The summed E-state index contributed by atoms with van der Waals surface area (Å²) in [5, 5.41) is 17.0. The monoisotopic (exact) mass is 518 g/mol. The van der Waals surface area contributed by atoms with Crippen LogP contribution in [-0.4, -0.2) is 37.0 Å². The van der Waals surface area contributed by atoms with Crippen LogP contribution < -0.4 is 14.8 Å². The van der Waals surface area contributed by atoms with E-state index in [1.807, 2.05) is 36.4 Å². The molecule has 11 heteroatoms. The van der Waals surface area contributed by atoms with Gasteiger partial charge in [0, 0.05) is 11.0 Å². The number of amides is 1. The molecule has 6 rings (SSSR count). The normalized spacial score (nSPS) is 14.2. The molecule has 1 amide bonds. The lowest BCUT2D eigenvalue weighted by atomic mass is 9.98. The van der Waals surface area contributed by atoms with Gasteiger partial charge in [0.15, 0.2) is 10.8 Å². The number of rotatable bonds is 6. The molecule has 1 saturated carbocycles. The number of fused-ring (bicyclic) bond motifs is 2. The molecule has 0 saturated heterocycles. The lowest BCUT2D eigenvalue weighted by molar-refractivity contribution is 0.146. The number of nitrogens with zero attached hydrogens (tertiary/aromatic N) is 5. The Hall–Kier alpha value is -3.70. The van der Waals surface area contributed by atoms with E-state index in [-0.39, 0.29) is 6.10 Å². The van der Waals surface area contributed by atoms with Gasteiger partial charge in [-0.05, 0) is 73.8 Å². The molecule has 0 spiro atoms. The summed E-state index contributed by atoms with van der Waals surface area (Å²) < 4.78 is 14.0. The Kier molecular flexibility index (Phi) is 6.39. The summed E-state index contributed by atoms with van der Waals surface area (Å²) in [6, 6.07) is 18.5. The lowest BCUT2D eigenvalue weighted by Gasteiger charge is -2.22. The van der Waals surface area contributed by atoms with Gasteiger partial charge in [0.05, 0.1) is 10.2 Å².